The zero-order valence-electron chi connectivity index (χ0n) is 9.44. The van der Waals surface area contributed by atoms with E-state index in [1.807, 2.05) is 19.2 Å². The molecule has 1 aromatic rings. The molecule has 4 nitrogen and oxygen atoms in total. The lowest BCUT2D eigenvalue weighted by molar-refractivity contribution is 0.108. The van der Waals surface area contributed by atoms with Crippen molar-refractivity contribution in [3.8, 4) is 0 Å². The van der Waals surface area contributed by atoms with Crippen molar-refractivity contribution in [3.63, 3.8) is 0 Å². The highest BCUT2D eigenvalue weighted by atomic mass is 16.3. The summed E-state index contributed by atoms with van der Waals surface area (Å²) in [6.45, 7) is 5.02. The van der Waals surface area contributed by atoms with Crippen molar-refractivity contribution in [1.82, 2.24) is 10.2 Å². The van der Waals surface area contributed by atoms with Gasteiger partial charge in [0.25, 0.3) is 0 Å². The molecule has 86 valence electrons. The van der Waals surface area contributed by atoms with Crippen LogP contribution in [-0.2, 0) is 6.54 Å². The fourth-order valence-electron chi connectivity index (χ4n) is 1.53. The molecule has 2 N–H and O–H groups in total. The summed E-state index contributed by atoms with van der Waals surface area (Å²) in [6.07, 6.45) is 1.35. The quantitative estimate of drug-likeness (QED) is 0.698. The van der Waals surface area contributed by atoms with Crippen LogP contribution in [0, 0.1) is 0 Å². The van der Waals surface area contributed by atoms with Gasteiger partial charge in [-0.05, 0) is 25.7 Å². The van der Waals surface area contributed by atoms with E-state index in [0.29, 0.717) is 13.1 Å². The first-order valence-corrected chi connectivity index (χ1v) is 5.33. The molecule has 4 heteroatoms. The van der Waals surface area contributed by atoms with Crippen molar-refractivity contribution in [2.75, 3.05) is 26.7 Å². The zero-order valence-corrected chi connectivity index (χ0v) is 9.44. The van der Waals surface area contributed by atoms with Crippen LogP contribution in [0.2, 0.25) is 0 Å². The van der Waals surface area contributed by atoms with Gasteiger partial charge in [-0.15, -0.1) is 0 Å². The molecule has 0 spiro atoms. The van der Waals surface area contributed by atoms with Gasteiger partial charge in [-0.1, -0.05) is 6.92 Å². The Morgan fingerprint density at radius 3 is 2.93 bits per heavy atom. The fraction of sp³-hybridized carbons (Fsp3) is 0.636. The molecule has 0 fully saturated rings. The van der Waals surface area contributed by atoms with E-state index >= 15 is 0 Å². The van der Waals surface area contributed by atoms with E-state index in [-0.39, 0.29) is 6.10 Å². The number of likely N-dealkylation sites (N-methyl/N-ethyl adjacent to an activating group) is 2. The van der Waals surface area contributed by atoms with E-state index < -0.39 is 0 Å². The monoisotopic (exact) mass is 212 g/mol. The average Bonchev–Trinajstić information content (AvgIpc) is 2.70. The minimum Gasteiger partial charge on any atom is -0.468 e. The molecule has 0 saturated heterocycles. The molecule has 0 saturated carbocycles. The second-order valence-electron chi connectivity index (χ2n) is 3.62. The van der Waals surface area contributed by atoms with Gasteiger partial charge in [0, 0.05) is 13.1 Å². The molecule has 0 aromatic carbocycles. The number of nitrogens with zero attached hydrogens (tertiary/aromatic N) is 1. The molecule has 0 radical (unpaired) electrons. The summed E-state index contributed by atoms with van der Waals surface area (Å²) >= 11 is 0. The standard InChI is InChI=1S/C11H20N2O2/c1-3-13(8-10(14)7-12-2)9-11-5-4-6-15-11/h4-6,10,12,14H,3,7-9H2,1-2H3. The summed E-state index contributed by atoms with van der Waals surface area (Å²) in [4.78, 5) is 2.15. The molecule has 1 atom stereocenters. The maximum Gasteiger partial charge on any atom is 0.117 e. The lowest BCUT2D eigenvalue weighted by Crippen LogP contribution is -2.37. The molecule has 1 unspecified atom stereocenters. The smallest absolute Gasteiger partial charge is 0.117 e. The van der Waals surface area contributed by atoms with E-state index in [9.17, 15) is 5.11 Å². The molecule has 1 heterocycles. The van der Waals surface area contributed by atoms with E-state index in [2.05, 4.69) is 17.1 Å². The lowest BCUT2D eigenvalue weighted by Gasteiger charge is -2.22. The number of aliphatic hydroxyl groups excluding tert-OH is 1. The van der Waals surface area contributed by atoms with Gasteiger partial charge in [-0.25, -0.2) is 0 Å². The number of hydrogen-bond acceptors (Lipinski definition) is 4. The molecular formula is C11H20N2O2. The third kappa shape index (κ3) is 4.46. The summed E-state index contributed by atoms with van der Waals surface area (Å²) in [5, 5.41) is 12.6. The number of furan rings is 1. The van der Waals surface area contributed by atoms with Gasteiger partial charge in [0.2, 0.25) is 0 Å². The van der Waals surface area contributed by atoms with Gasteiger partial charge < -0.3 is 14.8 Å². The summed E-state index contributed by atoms with van der Waals surface area (Å²) < 4.78 is 5.27. The molecule has 15 heavy (non-hydrogen) atoms. The molecule has 0 aliphatic rings. The number of rotatable bonds is 7. The molecule has 0 amide bonds. The van der Waals surface area contributed by atoms with Crippen LogP contribution in [0.3, 0.4) is 0 Å². The van der Waals surface area contributed by atoms with Crippen LogP contribution >= 0.6 is 0 Å². The second-order valence-corrected chi connectivity index (χ2v) is 3.62. The van der Waals surface area contributed by atoms with E-state index in [1.54, 1.807) is 6.26 Å². The summed E-state index contributed by atoms with van der Waals surface area (Å²) in [5.41, 5.74) is 0. The second kappa shape index (κ2) is 6.61. The Labute approximate surface area is 90.9 Å². The molecule has 1 aromatic heterocycles. The van der Waals surface area contributed by atoms with Crippen molar-refractivity contribution >= 4 is 0 Å². The highest BCUT2D eigenvalue weighted by Crippen LogP contribution is 2.05. The Balaban J connectivity index is 2.35. The predicted molar refractivity (Wildman–Crippen MR) is 59.6 cm³/mol. The summed E-state index contributed by atoms with van der Waals surface area (Å²) in [7, 11) is 1.84. The van der Waals surface area contributed by atoms with Gasteiger partial charge in [-0.3, -0.25) is 4.90 Å². The molecule has 1 rings (SSSR count). The van der Waals surface area contributed by atoms with Crippen LogP contribution in [-0.4, -0.2) is 42.8 Å². The normalized spacial score (nSPS) is 13.3. The Hall–Kier alpha value is -0.840. The van der Waals surface area contributed by atoms with Crippen molar-refractivity contribution in [2.45, 2.75) is 19.6 Å². The maximum atomic E-state index is 9.64. The minimum absolute atomic E-state index is 0.329. The predicted octanol–water partition coefficient (Wildman–Crippen LogP) is 0.682. The topological polar surface area (TPSA) is 48.6 Å². The number of hydrogen-bond donors (Lipinski definition) is 2. The third-order valence-electron chi connectivity index (χ3n) is 2.32. The van der Waals surface area contributed by atoms with Crippen LogP contribution in [0.5, 0.6) is 0 Å². The number of nitrogens with one attached hydrogen (secondary N) is 1. The van der Waals surface area contributed by atoms with Gasteiger partial charge in [0.15, 0.2) is 0 Å². The van der Waals surface area contributed by atoms with E-state index in [4.69, 9.17) is 4.42 Å². The Kier molecular flexibility index (Phi) is 5.39. The highest BCUT2D eigenvalue weighted by molar-refractivity contribution is 4.97. The number of aliphatic hydroxyl groups is 1. The van der Waals surface area contributed by atoms with Gasteiger partial charge in [-0.2, -0.15) is 0 Å². The Bertz CT molecular complexity index is 249. The van der Waals surface area contributed by atoms with Gasteiger partial charge in [0.05, 0.1) is 18.9 Å². The SMILES string of the molecule is CCN(Cc1ccco1)CC(O)CNC. The first kappa shape index (κ1) is 12.2. The minimum atomic E-state index is -0.329. The van der Waals surface area contributed by atoms with Crippen LogP contribution in [0.15, 0.2) is 22.8 Å². The maximum absolute atomic E-state index is 9.64. The first-order chi connectivity index (χ1) is 7.26. The van der Waals surface area contributed by atoms with E-state index in [0.717, 1.165) is 18.8 Å². The average molecular weight is 212 g/mol. The van der Waals surface area contributed by atoms with Crippen molar-refractivity contribution in [3.05, 3.63) is 24.2 Å². The van der Waals surface area contributed by atoms with Crippen LogP contribution in [0.25, 0.3) is 0 Å². The Morgan fingerprint density at radius 2 is 2.40 bits per heavy atom. The van der Waals surface area contributed by atoms with Gasteiger partial charge in [0.1, 0.15) is 5.76 Å². The molecular weight excluding hydrogens is 192 g/mol. The molecule has 0 bridgehead atoms. The summed E-state index contributed by atoms with van der Waals surface area (Å²) in [6, 6.07) is 3.83. The van der Waals surface area contributed by atoms with Crippen LogP contribution in [0.1, 0.15) is 12.7 Å². The van der Waals surface area contributed by atoms with Crippen LogP contribution < -0.4 is 5.32 Å². The van der Waals surface area contributed by atoms with Crippen molar-refractivity contribution < 1.29 is 9.52 Å². The first-order valence-electron chi connectivity index (χ1n) is 5.33. The summed E-state index contributed by atoms with van der Waals surface area (Å²) in [5.74, 6) is 0.938. The molecule has 0 aliphatic heterocycles. The zero-order chi connectivity index (χ0) is 11.1. The van der Waals surface area contributed by atoms with Gasteiger partial charge >= 0.3 is 0 Å². The fourth-order valence-corrected chi connectivity index (χ4v) is 1.53. The highest BCUT2D eigenvalue weighted by Gasteiger charge is 2.10. The largest absolute Gasteiger partial charge is 0.468 e. The third-order valence-corrected chi connectivity index (χ3v) is 2.32. The van der Waals surface area contributed by atoms with Crippen molar-refractivity contribution in [1.29, 1.82) is 0 Å². The lowest BCUT2D eigenvalue weighted by atomic mass is 10.3. The van der Waals surface area contributed by atoms with E-state index in [1.165, 1.54) is 0 Å². The van der Waals surface area contributed by atoms with Crippen LogP contribution in [0.4, 0.5) is 0 Å². The molecule has 0 aliphatic carbocycles. The Morgan fingerprint density at radius 1 is 1.60 bits per heavy atom. The van der Waals surface area contributed by atoms with Crippen molar-refractivity contribution in [2.24, 2.45) is 0 Å².